The number of carbonyl (C=O) groups is 1. The van der Waals surface area contributed by atoms with Crippen LogP contribution in [0.4, 0.5) is 5.69 Å². The number of hydrogen-bond acceptors (Lipinski definition) is 4. The highest BCUT2D eigenvalue weighted by atomic mass is 32.2. The summed E-state index contributed by atoms with van der Waals surface area (Å²) in [4.78, 5) is 13.7. The van der Waals surface area contributed by atoms with Gasteiger partial charge in [-0.2, -0.15) is 0 Å². The van der Waals surface area contributed by atoms with Crippen LogP contribution in [0.25, 0.3) is 0 Å². The summed E-state index contributed by atoms with van der Waals surface area (Å²) in [6, 6.07) is 5.84. The van der Waals surface area contributed by atoms with Crippen molar-refractivity contribution in [3.05, 3.63) is 24.3 Å². The Hall–Kier alpha value is -1.48. The summed E-state index contributed by atoms with van der Waals surface area (Å²) < 4.78 is 32.0. The number of rotatable bonds is 6. The van der Waals surface area contributed by atoms with Crippen LogP contribution >= 0.6 is 0 Å². The first-order valence-corrected chi connectivity index (χ1v) is 9.63. The van der Waals surface area contributed by atoms with E-state index in [9.17, 15) is 13.2 Å². The molecular weight excluding hydrogens is 330 g/mol. The molecular formula is C16H26N3O4S+. The zero-order valence-electron chi connectivity index (χ0n) is 14.3. The number of carbonyl (C=O) groups excluding carboxylic acids is 1. The average molecular weight is 356 g/mol. The fourth-order valence-corrected chi connectivity index (χ4v) is 3.85. The maximum atomic E-state index is 12.3. The number of morpholine rings is 1. The van der Waals surface area contributed by atoms with Gasteiger partial charge in [-0.3, -0.25) is 4.79 Å². The molecule has 1 fully saturated rings. The van der Waals surface area contributed by atoms with Gasteiger partial charge in [-0.1, -0.05) is 0 Å². The molecule has 1 aromatic rings. The van der Waals surface area contributed by atoms with Crippen molar-refractivity contribution in [1.29, 1.82) is 0 Å². The Bertz CT molecular complexity index is 652. The monoisotopic (exact) mass is 356 g/mol. The molecule has 1 saturated heterocycles. The van der Waals surface area contributed by atoms with Crippen LogP contribution in [-0.2, 0) is 19.6 Å². The Morgan fingerprint density at radius 2 is 1.71 bits per heavy atom. The molecule has 24 heavy (non-hydrogen) atoms. The van der Waals surface area contributed by atoms with Gasteiger partial charge in [0.15, 0.2) is 6.04 Å². The Balaban J connectivity index is 1.99. The highest BCUT2D eigenvalue weighted by Gasteiger charge is 2.27. The molecule has 0 aromatic heterocycles. The van der Waals surface area contributed by atoms with Gasteiger partial charge in [0.1, 0.15) is 13.1 Å². The molecule has 0 saturated carbocycles. The number of ether oxygens (including phenoxy) is 1. The van der Waals surface area contributed by atoms with E-state index >= 15 is 0 Å². The molecule has 8 heteroatoms. The summed E-state index contributed by atoms with van der Waals surface area (Å²) in [7, 11) is -3.52. The molecule has 1 aliphatic rings. The molecule has 1 heterocycles. The van der Waals surface area contributed by atoms with Crippen LogP contribution in [0.3, 0.4) is 0 Å². The third-order valence-electron chi connectivity index (χ3n) is 3.96. The summed E-state index contributed by atoms with van der Waals surface area (Å²) in [5.41, 5.74) is 0.586. The fraction of sp³-hybridized carbons (Fsp3) is 0.562. The molecule has 1 aliphatic heterocycles. The van der Waals surface area contributed by atoms with Crippen molar-refractivity contribution >= 4 is 21.6 Å². The van der Waals surface area contributed by atoms with Gasteiger partial charge in [0, 0.05) is 11.7 Å². The highest BCUT2D eigenvalue weighted by molar-refractivity contribution is 7.89. The predicted molar refractivity (Wildman–Crippen MR) is 91.5 cm³/mol. The van der Waals surface area contributed by atoms with Gasteiger partial charge in [0.2, 0.25) is 10.0 Å². The second-order valence-electron chi connectivity index (χ2n) is 6.28. The minimum absolute atomic E-state index is 0.0807. The van der Waals surface area contributed by atoms with Gasteiger partial charge in [-0.05, 0) is 45.0 Å². The Morgan fingerprint density at radius 3 is 2.25 bits per heavy atom. The molecule has 0 spiro atoms. The van der Waals surface area contributed by atoms with E-state index in [0.717, 1.165) is 13.1 Å². The third-order valence-corrected chi connectivity index (χ3v) is 5.64. The lowest BCUT2D eigenvalue weighted by Gasteiger charge is -2.28. The molecule has 0 bridgehead atoms. The van der Waals surface area contributed by atoms with Gasteiger partial charge in [0.05, 0.1) is 18.1 Å². The van der Waals surface area contributed by atoms with E-state index < -0.39 is 10.0 Å². The molecule has 1 atom stereocenters. The Morgan fingerprint density at radius 1 is 1.12 bits per heavy atom. The van der Waals surface area contributed by atoms with Crippen molar-refractivity contribution in [2.45, 2.75) is 37.8 Å². The summed E-state index contributed by atoms with van der Waals surface area (Å²) in [5.74, 6) is -0.0807. The molecule has 0 unspecified atom stereocenters. The van der Waals surface area contributed by atoms with Crippen LogP contribution < -0.4 is 14.9 Å². The molecule has 1 amide bonds. The van der Waals surface area contributed by atoms with Gasteiger partial charge >= 0.3 is 0 Å². The summed E-state index contributed by atoms with van der Waals surface area (Å²) in [5, 5.41) is 2.84. The maximum absolute atomic E-state index is 12.3. The van der Waals surface area contributed by atoms with Crippen LogP contribution in [0.15, 0.2) is 29.2 Å². The lowest BCUT2D eigenvalue weighted by Crippen LogP contribution is -3.18. The van der Waals surface area contributed by atoms with E-state index in [2.05, 4.69) is 10.0 Å². The quantitative estimate of drug-likeness (QED) is 0.648. The van der Waals surface area contributed by atoms with Crippen molar-refractivity contribution < 1.29 is 22.8 Å². The zero-order chi connectivity index (χ0) is 17.7. The highest BCUT2D eigenvalue weighted by Crippen LogP contribution is 2.14. The summed E-state index contributed by atoms with van der Waals surface area (Å²) in [6.07, 6.45) is 0. The predicted octanol–water partition coefficient (Wildman–Crippen LogP) is -0.385. The number of anilines is 1. The molecule has 3 N–H and O–H groups in total. The number of benzene rings is 1. The van der Waals surface area contributed by atoms with Crippen LogP contribution in [-0.4, -0.2) is 52.7 Å². The van der Waals surface area contributed by atoms with E-state index in [1.807, 2.05) is 6.92 Å². The van der Waals surface area contributed by atoms with Crippen LogP contribution in [0.2, 0.25) is 0 Å². The minimum atomic E-state index is -3.52. The van der Waals surface area contributed by atoms with Gasteiger partial charge in [-0.25, -0.2) is 13.1 Å². The Kier molecular flexibility index (Phi) is 6.34. The molecule has 1 aromatic carbocycles. The normalized spacial score (nSPS) is 17.7. The first-order chi connectivity index (χ1) is 11.3. The first kappa shape index (κ1) is 18.9. The standard InChI is InChI=1S/C16H25N3O4S/c1-12(2)18-24(21,22)15-6-4-14(5-7-15)17-16(20)13(3)19-8-10-23-11-9-19/h4-7,12-13,18H,8-11H2,1-3H3,(H,17,20)/p+1/t13-/m0/s1. The van der Waals surface area contributed by atoms with Gasteiger partial charge < -0.3 is 15.0 Å². The van der Waals surface area contributed by atoms with Crippen molar-refractivity contribution in [3.63, 3.8) is 0 Å². The van der Waals surface area contributed by atoms with Crippen LogP contribution in [0, 0.1) is 0 Å². The van der Waals surface area contributed by atoms with Crippen molar-refractivity contribution in [2.75, 3.05) is 31.6 Å². The largest absolute Gasteiger partial charge is 0.370 e. The second-order valence-corrected chi connectivity index (χ2v) is 8.00. The molecule has 7 nitrogen and oxygen atoms in total. The van der Waals surface area contributed by atoms with E-state index in [-0.39, 0.29) is 22.9 Å². The number of sulfonamides is 1. The Labute approximate surface area is 143 Å². The maximum Gasteiger partial charge on any atom is 0.282 e. The lowest BCUT2D eigenvalue weighted by molar-refractivity contribution is -0.921. The van der Waals surface area contributed by atoms with E-state index in [4.69, 9.17) is 4.74 Å². The van der Waals surface area contributed by atoms with E-state index in [1.54, 1.807) is 26.0 Å². The number of amides is 1. The van der Waals surface area contributed by atoms with Crippen molar-refractivity contribution in [3.8, 4) is 0 Å². The van der Waals surface area contributed by atoms with Crippen LogP contribution in [0.1, 0.15) is 20.8 Å². The van der Waals surface area contributed by atoms with Crippen LogP contribution in [0.5, 0.6) is 0 Å². The van der Waals surface area contributed by atoms with Gasteiger partial charge in [0.25, 0.3) is 5.91 Å². The fourth-order valence-electron chi connectivity index (χ4n) is 2.60. The number of nitrogens with one attached hydrogen (secondary N) is 3. The second kappa shape index (κ2) is 8.06. The van der Waals surface area contributed by atoms with E-state index in [0.29, 0.717) is 18.9 Å². The van der Waals surface area contributed by atoms with Gasteiger partial charge in [-0.15, -0.1) is 0 Å². The van der Waals surface area contributed by atoms with E-state index in [1.165, 1.54) is 17.0 Å². The first-order valence-electron chi connectivity index (χ1n) is 8.15. The third kappa shape index (κ3) is 5.01. The topological polar surface area (TPSA) is 88.9 Å². The molecule has 134 valence electrons. The zero-order valence-corrected chi connectivity index (χ0v) is 15.2. The van der Waals surface area contributed by atoms with Crippen molar-refractivity contribution in [1.82, 2.24) is 4.72 Å². The van der Waals surface area contributed by atoms with Crippen molar-refractivity contribution in [2.24, 2.45) is 0 Å². The number of quaternary nitrogens is 1. The lowest BCUT2D eigenvalue weighted by atomic mass is 10.2. The minimum Gasteiger partial charge on any atom is -0.370 e. The molecule has 0 radical (unpaired) electrons. The smallest absolute Gasteiger partial charge is 0.282 e. The SMILES string of the molecule is CC(C)NS(=O)(=O)c1ccc(NC(=O)[C@H](C)[NH+]2CCOCC2)cc1. The summed E-state index contributed by atoms with van der Waals surface area (Å²) >= 11 is 0. The summed E-state index contributed by atoms with van der Waals surface area (Å²) in [6.45, 7) is 8.38. The number of hydrogen-bond donors (Lipinski definition) is 3. The molecule has 0 aliphatic carbocycles. The average Bonchev–Trinajstić information content (AvgIpc) is 2.54. The molecule has 2 rings (SSSR count).